The number of nitrogens with zero attached hydrogens (tertiary/aromatic N) is 1. The van der Waals surface area contributed by atoms with Crippen LogP contribution in [0, 0.1) is 23.7 Å². The lowest BCUT2D eigenvalue weighted by atomic mass is 10.1. The molecule has 2 rings (SSSR count). The third-order valence-corrected chi connectivity index (χ3v) is 4.33. The van der Waals surface area contributed by atoms with E-state index >= 15 is 0 Å². The molecule has 27 heavy (non-hydrogen) atoms. The van der Waals surface area contributed by atoms with Crippen molar-refractivity contribution >= 4 is 27.9 Å². The van der Waals surface area contributed by atoms with E-state index in [9.17, 15) is 10.1 Å². The molecule has 4 nitrogen and oxygen atoms in total. The molecule has 0 heterocycles. The number of carbonyl (C=O) groups excluding carboxylic acids is 1. The fourth-order valence-corrected chi connectivity index (χ4v) is 2.90. The Kier molecular flexibility index (Phi) is 8.16. The number of rotatable bonds is 8. The number of carbonyl (C=O) groups is 1. The number of halogens is 1. The molecule has 0 aliphatic heterocycles. The Hall–Kier alpha value is -3.02. The maximum Gasteiger partial charge on any atom is 0.261 e. The number of aryl methyl sites for hydroxylation is 1. The molecule has 0 spiro atoms. The number of amides is 1. The molecule has 0 radical (unpaired) electrons. The van der Waals surface area contributed by atoms with E-state index < -0.39 is 0 Å². The first-order chi connectivity index (χ1) is 13.1. The second-order valence-electron chi connectivity index (χ2n) is 5.70. The van der Waals surface area contributed by atoms with Crippen LogP contribution in [0.1, 0.15) is 17.5 Å². The molecule has 0 unspecified atom stereocenters. The van der Waals surface area contributed by atoms with Gasteiger partial charge >= 0.3 is 0 Å². The van der Waals surface area contributed by atoms with Gasteiger partial charge in [-0.3, -0.25) is 4.79 Å². The lowest BCUT2D eigenvalue weighted by molar-refractivity contribution is -0.117. The monoisotopic (exact) mass is 422 g/mol. The van der Waals surface area contributed by atoms with Crippen LogP contribution in [-0.2, 0) is 11.2 Å². The summed E-state index contributed by atoms with van der Waals surface area (Å²) in [6.07, 6.45) is 8.40. The van der Waals surface area contributed by atoms with E-state index in [2.05, 4.69) is 39.3 Å². The molecule has 0 aliphatic carbocycles. The minimum absolute atomic E-state index is 0.0545. The predicted octanol–water partition coefficient (Wildman–Crippen LogP) is 4.12. The van der Waals surface area contributed by atoms with Gasteiger partial charge in [0.15, 0.2) is 0 Å². The molecule has 1 N–H and O–H groups in total. The predicted molar refractivity (Wildman–Crippen MR) is 110 cm³/mol. The second-order valence-corrected chi connectivity index (χ2v) is 6.55. The van der Waals surface area contributed by atoms with E-state index in [4.69, 9.17) is 11.2 Å². The number of ether oxygens (including phenoxy) is 1. The number of nitrogens with one attached hydrogen (secondary N) is 1. The zero-order valence-corrected chi connectivity index (χ0v) is 16.3. The topological polar surface area (TPSA) is 62.1 Å². The highest BCUT2D eigenvalue weighted by molar-refractivity contribution is 9.10. The molecule has 0 fully saturated rings. The van der Waals surface area contributed by atoms with Gasteiger partial charge in [0.2, 0.25) is 0 Å². The van der Waals surface area contributed by atoms with Crippen LogP contribution in [0.5, 0.6) is 5.75 Å². The maximum atomic E-state index is 12.2. The Labute approximate surface area is 168 Å². The summed E-state index contributed by atoms with van der Waals surface area (Å²) in [5.74, 6) is 2.62. The lowest BCUT2D eigenvalue weighted by Gasteiger charge is -2.07. The van der Waals surface area contributed by atoms with E-state index in [1.807, 2.05) is 24.3 Å². The van der Waals surface area contributed by atoms with Crippen LogP contribution in [0.25, 0.3) is 6.08 Å². The SMILES string of the molecule is C#CCOc1ccc(/C=C(/C#N)C(=O)NCCCc2ccccc2)cc1Br. The molecule has 0 saturated carbocycles. The van der Waals surface area contributed by atoms with Crippen LogP contribution in [0.4, 0.5) is 0 Å². The van der Waals surface area contributed by atoms with Gasteiger partial charge in [-0.1, -0.05) is 42.3 Å². The molecule has 0 saturated heterocycles. The first-order valence-electron chi connectivity index (χ1n) is 8.43. The molecule has 0 bridgehead atoms. The number of hydrogen-bond acceptors (Lipinski definition) is 3. The summed E-state index contributed by atoms with van der Waals surface area (Å²) in [6, 6.07) is 17.3. The number of benzene rings is 2. The Morgan fingerprint density at radius 3 is 2.70 bits per heavy atom. The van der Waals surface area contributed by atoms with E-state index in [0.29, 0.717) is 22.3 Å². The average molecular weight is 423 g/mol. The molecule has 1 amide bonds. The minimum atomic E-state index is -0.380. The summed E-state index contributed by atoms with van der Waals surface area (Å²) in [7, 11) is 0. The van der Waals surface area contributed by atoms with Gasteiger partial charge < -0.3 is 10.1 Å². The van der Waals surface area contributed by atoms with Crippen molar-refractivity contribution in [1.29, 1.82) is 5.26 Å². The highest BCUT2D eigenvalue weighted by Crippen LogP contribution is 2.26. The van der Waals surface area contributed by atoms with Gasteiger partial charge in [0, 0.05) is 6.54 Å². The van der Waals surface area contributed by atoms with Crippen molar-refractivity contribution in [2.24, 2.45) is 0 Å². The van der Waals surface area contributed by atoms with Crippen molar-refractivity contribution in [3.63, 3.8) is 0 Å². The number of terminal acetylenes is 1. The van der Waals surface area contributed by atoms with Gasteiger partial charge in [-0.05, 0) is 58.1 Å². The Bertz CT molecular complexity index is 893. The first kappa shape index (κ1) is 20.3. The molecule has 0 aromatic heterocycles. The fourth-order valence-electron chi connectivity index (χ4n) is 2.39. The first-order valence-corrected chi connectivity index (χ1v) is 9.23. The van der Waals surface area contributed by atoms with Gasteiger partial charge in [0.05, 0.1) is 4.47 Å². The van der Waals surface area contributed by atoms with Gasteiger partial charge in [0.1, 0.15) is 24.0 Å². The molecule has 0 atom stereocenters. The van der Waals surface area contributed by atoms with Crippen molar-refractivity contribution in [1.82, 2.24) is 5.32 Å². The van der Waals surface area contributed by atoms with Crippen LogP contribution in [0.3, 0.4) is 0 Å². The minimum Gasteiger partial charge on any atom is -0.480 e. The Morgan fingerprint density at radius 2 is 2.04 bits per heavy atom. The molecule has 136 valence electrons. The summed E-state index contributed by atoms with van der Waals surface area (Å²) in [6.45, 7) is 0.678. The molecule has 0 aliphatic rings. The summed E-state index contributed by atoms with van der Waals surface area (Å²) < 4.78 is 6.07. The third kappa shape index (κ3) is 6.66. The zero-order valence-electron chi connectivity index (χ0n) is 14.7. The molecular formula is C22H19BrN2O2. The van der Waals surface area contributed by atoms with Gasteiger partial charge in [-0.2, -0.15) is 5.26 Å². The highest BCUT2D eigenvalue weighted by atomic mass is 79.9. The molecule has 5 heteroatoms. The fraction of sp³-hybridized carbons (Fsp3) is 0.182. The second kappa shape index (κ2) is 10.9. The highest BCUT2D eigenvalue weighted by Gasteiger charge is 2.09. The van der Waals surface area contributed by atoms with Crippen LogP contribution < -0.4 is 10.1 Å². The van der Waals surface area contributed by atoms with E-state index in [1.165, 1.54) is 5.56 Å². The molecule has 2 aromatic rings. The van der Waals surface area contributed by atoms with Gasteiger partial charge in [-0.25, -0.2) is 0 Å². The summed E-state index contributed by atoms with van der Waals surface area (Å²) in [4.78, 5) is 12.2. The average Bonchev–Trinajstić information content (AvgIpc) is 2.69. The van der Waals surface area contributed by atoms with Crippen LogP contribution >= 0.6 is 15.9 Å². The standard InChI is InChI=1S/C22H19BrN2O2/c1-2-13-27-21-11-10-18(15-20(21)23)14-19(16-24)22(26)25-12-6-9-17-7-4-3-5-8-17/h1,3-5,7-8,10-11,14-15H,6,9,12-13H2,(H,25,26)/b19-14-. The van der Waals surface area contributed by atoms with E-state index in [0.717, 1.165) is 12.8 Å². The van der Waals surface area contributed by atoms with Gasteiger partial charge in [-0.15, -0.1) is 6.42 Å². The number of nitriles is 1. The third-order valence-electron chi connectivity index (χ3n) is 3.71. The molecule has 2 aromatic carbocycles. The van der Waals surface area contributed by atoms with Crippen molar-refractivity contribution in [3.8, 4) is 24.2 Å². The van der Waals surface area contributed by atoms with Crippen molar-refractivity contribution in [2.45, 2.75) is 12.8 Å². The lowest BCUT2D eigenvalue weighted by Crippen LogP contribution is -2.25. The maximum absolute atomic E-state index is 12.2. The van der Waals surface area contributed by atoms with Crippen molar-refractivity contribution in [2.75, 3.05) is 13.2 Å². The van der Waals surface area contributed by atoms with Crippen LogP contribution in [-0.4, -0.2) is 19.1 Å². The Morgan fingerprint density at radius 1 is 1.26 bits per heavy atom. The van der Waals surface area contributed by atoms with Crippen LogP contribution in [0.2, 0.25) is 0 Å². The summed E-state index contributed by atoms with van der Waals surface area (Å²) >= 11 is 3.39. The van der Waals surface area contributed by atoms with Gasteiger partial charge in [0.25, 0.3) is 5.91 Å². The largest absolute Gasteiger partial charge is 0.480 e. The zero-order chi connectivity index (χ0) is 19.5. The molecular weight excluding hydrogens is 404 g/mol. The van der Waals surface area contributed by atoms with E-state index in [-0.39, 0.29) is 18.1 Å². The summed E-state index contributed by atoms with van der Waals surface area (Å²) in [5.41, 5.74) is 1.99. The van der Waals surface area contributed by atoms with Crippen LogP contribution in [0.15, 0.2) is 58.6 Å². The smallest absolute Gasteiger partial charge is 0.261 e. The van der Waals surface area contributed by atoms with Crippen molar-refractivity contribution in [3.05, 3.63) is 69.7 Å². The normalized spacial score (nSPS) is 10.6. The Balaban J connectivity index is 1.92. The number of hydrogen-bond donors (Lipinski definition) is 1. The van der Waals surface area contributed by atoms with Crippen molar-refractivity contribution < 1.29 is 9.53 Å². The summed E-state index contributed by atoms with van der Waals surface area (Å²) in [5, 5.41) is 12.1. The quantitative estimate of drug-likeness (QED) is 0.301. The van der Waals surface area contributed by atoms with E-state index in [1.54, 1.807) is 24.3 Å².